The lowest BCUT2D eigenvalue weighted by Gasteiger charge is -2.20. The number of guanidine groups is 1. The number of nitrogens with zero attached hydrogens (tertiary/aromatic N) is 2. The maximum atomic E-state index is 8.62. The van der Waals surface area contributed by atoms with E-state index in [0.717, 1.165) is 12.8 Å². The molecule has 0 heterocycles. The fourth-order valence-electron chi connectivity index (χ4n) is 1.04. The van der Waals surface area contributed by atoms with Gasteiger partial charge in [0.15, 0.2) is 0 Å². The number of oxime groups is 1. The van der Waals surface area contributed by atoms with Crippen LogP contribution in [-0.4, -0.2) is 40.4 Å². The van der Waals surface area contributed by atoms with Crippen molar-refractivity contribution in [1.29, 1.82) is 0 Å². The standard InChI is InChI=1S/C6H13N3O2/c7-6(8-11)9(3-4-10)5-1-2-5/h5,10-11H,1-4H2,(H2,7,8). The lowest BCUT2D eigenvalue weighted by Crippen LogP contribution is -2.40. The molecule has 5 heteroatoms. The second-order valence-corrected chi connectivity index (χ2v) is 2.61. The monoisotopic (exact) mass is 159 g/mol. The van der Waals surface area contributed by atoms with Crippen molar-refractivity contribution >= 4 is 5.96 Å². The van der Waals surface area contributed by atoms with Gasteiger partial charge in [-0.1, -0.05) is 5.16 Å². The summed E-state index contributed by atoms with van der Waals surface area (Å²) in [6.07, 6.45) is 2.13. The molecule has 4 N–H and O–H groups in total. The predicted molar refractivity (Wildman–Crippen MR) is 40.2 cm³/mol. The molecule has 5 nitrogen and oxygen atoms in total. The van der Waals surface area contributed by atoms with Gasteiger partial charge in [0.05, 0.1) is 6.61 Å². The molecule has 0 aromatic carbocycles. The fourth-order valence-corrected chi connectivity index (χ4v) is 1.04. The van der Waals surface area contributed by atoms with Gasteiger partial charge in [-0.2, -0.15) is 0 Å². The van der Waals surface area contributed by atoms with Crippen molar-refractivity contribution < 1.29 is 10.3 Å². The molecule has 0 atom stereocenters. The summed E-state index contributed by atoms with van der Waals surface area (Å²) in [5, 5.41) is 19.8. The van der Waals surface area contributed by atoms with Gasteiger partial charge >= 0.3 is 0 Å². The van der Waals surface area contributed by atoms with Gasteiger partial charge in [0, 0.05) is 12.6 Å². The minimum Gasteiger partial charge on any atom is -0.408 e. The van der Waals surface area contributed by atoms with Gasteiger partial charge in [-0.25, -0.2) is 0 Å². The highest BCUT2D eigenvalue weighted by Crippen LogP contribution is 2.25. The molecule has 1 saturated carbocycles. The molecule has 0 aliphatic heterocycles. The Labute approximate surface area is 65.1 Å². The molecule has 64 valence electrons. The number of aliphatic hydroxyl groups is 1. The highest BCUT2D eigenvalue weighted by Gasteiger charge is 2.30. The van der Waals surface area contributed by atoms with Crippen LogP contribution in [-0.2, 0) is 0 Å². The lowest BCUT2D eigenvalue weighted by molar-refractivity contribution is 0.235. The van der Waals surface area contributed by atoms with E-state index >= 15 is 0 Å². The van der Waals surface area contributed by atoms with Gasteiger partial charge in [-0.05, 0) is 12.8 Å². The second-order valence-electron chi connectivity index (χ2n) is 2.61. The number of rotatable bonds is 3. The Morgan fingerprint density at radius 1 is 1.64 bits per heavy atom. The molecule has 0 aromatic rings. The van der Waals surface area contributed by atoms with E-state index in [9.17, 15) is 0 Å². The number of hydrogen-bond donors (Lipinski definition) is 3. The molecular weight excluding hydrogens is 146 g/mol. The number of nitrogens with two attached hydrogens (primary N) is 1. The Kier molecular flexibility index (Phi) is 2.53. The number of aliphatic hydroxyl groups excluding tert-OH is 1. The quantitative estimate of drug-likeness (QED) is 0.217. The molecule has 0 unspecified atom stereocenters. The highest BCUT2D eigenvalue weighted by molar-refractivity contribution is 5.78. The van der Waals surface area contributed by atoms with Crippen LogP contribution in [0.5, 0.6) is 0 Å². The van der Waals surface area contributed by atoms with Crippen molar-refractivity contribution in [3.05, 3.63) is 0 Å². The van der Waals surface area contributed by atoms with E-state index in [1.54, 1.807) is 4.90 Å². The summed E-state index contributed by atoms with van der Waals surface area (Å²) in [4.78, 5) is 1.71. The molecule has 0 saturated heterocycles. The van der Waals surface area contributed by atoms with Crippen LogP contribution < -0.4 is 5.73 Å². The molecule has 0 aromatic heterocycles. The van der Waals surface area contributed by atoms with Crippen molar-refractivity contribution in [2.24, 2.45) is 10.9 Å². The third kappa shape index (κ3) is 1.98. The summed E-state index contributed by atoms with van der Waals surface area (Å²) in [5.41, 5.74) is 5.36. The van der Waals surface area contributed by atoms with Crippen LogP contribution >= 0.6 is 0 Å². The first-order valence-electron chi connectivity index (χ1n) is 3.64. The zero-order valence-electron chi connectivity index (χ0n) is 6.27. The molecule has 0 amide bonds. The summed E-state index contributed by atoms with van der Waals surface area (Å²) < 4.78 is 0. The Balaban J connectivity index is 2.44. The Morgan fingerprint density at radius 3 is 2.64 bits per heavy atom. The molecule has 0 spiro atoms. The minimum atomic E-state index is 0.0344. The van der Waals surface area contributed by atoms with Gasteiger partial charge < -0.3 is 20.9 Å². The van der Waals surface area contributed by atoms with E-state index in [1.807, 2.05) is 0 Å². The summed E-state index contributed by atoms with van der Waals surface area (Å²) in [6.45, 7) is 0.479. The van der Waals surface area contributed by atoms with E-state index in [0.29, 0.717) is 12.6 Å². The largest absolute Gasteiger partial charge is 0.408 e. The molecule has 1 aliphatic rings. The Morgan fingerprint density at radius 2 is 2.27 bits per heavy atom. The SMILES string of the molecule is NC(=NO)N(CCO)C1CC1. The van der Waals surface area contributed by atoms with Crippen LogP contribution in [0.3, 0.4) is 0 Å². The molecular formula is C6H13N3O2. The van der Waals surface area contributed by atoms with Crippen LogP contribution in [0.15, 0.2) is 5.16 Å². The van der Waals surface area contributed by atoms with Gasteiger partial charge in [-0.3, -0.25) is 0 Å². The first-order chi connectivity index (χ1) is 5.29. The second kappa shape index (κ2) is 3.43. The van der Waals surface area contributed by atoms with E-state index in [4.69, 9.17) is 16.0 Å². The third-order valence-electron chi connectivity index (χ3n) is 1.73. The Hall–Kier alpha value is -0.970. The van der Waals surface area contributed by atoms with Crippen molar-refractivity contribution in [2.75, 3.05) is 13.2 Å². The number of hydrogen-bond acceptors (Lipinski definition) is 3. The van der Waals surface area contributed by atoms with Crippen LogP contribution in [0.25, 0.3) is 0 Å². The van der Waals surface area contributed by atoms with Crippen molar-refractivity contribution in [2.45, 2.75) is 18.9 Å². The highest BCUT2D eigenvalue weighted by atomic mass is 16.4. The molecule has 1 rings (SSSR count). The van der Waals surface area contributed by atoms with E-state index < -0.39 is 0 Å². The van der Waals surface area contributed by atoms with E-state index in [-0.39, 0.29) is 12.6 Å². The average Bonchev–Trinajstić information content (AvgIpc) is 2.81. The van der Waals surface area contributed by atoms with Crippen molar-refractivity contribution in [1.82, 2.24) is 4.90 Å². The fraction of sp³-hybridized carbons (Fsp3) is 0.833. The molecule has 0 bridgehead atoms. The van der Waals surface area contributed by atoms with E-state index in [1.165, 1.54) is 0 Å². The van der Waals surface area contributed by atoms with Crippen LogP contribution in [0, 0.1) is 0 Å². The van der Waals surface area contributed by atoms with Crippen LogP contribution in [0.4, 0.5) is 0 Å². The van der Waals surface area contributed by atoms with Gasteiger partial charge in [0.2, 0.25) is 5.96 Å². The van der Waals surface area contributed by atoms with Crippen LogP contribution in [0.1, 0.15) is 12.8 Å². The zero-order chi connectivity index (χ0) is 8.27. The Bertz CT molecular complexity index is 156. The van der Waals surface area contributed by atoms with Crippen molar-refractivity contribution in [3.8, 4) is 0 Å². The summed E-state index contributed by atoms with van der Waals surface area (Å²) in [5.74, 6) is 0.0987. The summed E-state index contributed by atoms with van der Waals surface area (Å²) >= 11 is 0. The normalized spacial score (nSPS) is 18.5. The third-order valence-corrected chi connectivity index (χ3v) is 1.73. The summed E-state index contributed by atoms with van der Waals surface area (Å²) in [6, 6.07) is 0.373. The molecule has 1 fully saturated rings. The lowest BCUT2D eigenvalue weighted by atomic mass is 10.5. The van der Waals surface area contributed by atoms with Gasteiger partial charge in [-0.15, -0.1) is 0 Å². The van der Waals surface area contributed by atoms with Gasteiger partial charge in [0.1, 0.15) is 0 Å². The first-order valence-corrected chi connectivity index (χ1v) is 3.64. The predicted octanol–water partition coefficient (Wildman–Crippen LogP) is -0.853. The molecule has 11 heavy (non-hydrogen) atoms. The summed E-state index contributed by atoms with van der Waals surface area (Å²) in [7, 11) is 0. The average molecular weight is 159 g/mol. The molecule has 0 radical (unpaired) electrons. The zero-order valence-corrected chi connectivity index (χ0v) is 6.27. The first kappa shape index (κ1) is 8.13. The molecule has 1 aliphatic carbocycles. The van der Waals surface area contributed by atoms with E-state index in [2.05, 4.69) is 5.16 Å². The van der Waals surface area contributed by atoms with Crippen molar-refractivity contribution in [3.63, 3.8) is 0 Å². The topological polar surface area (TPSA) is 82.1 Å². The smallest absolute Gasteiger partial charge is 0.233 e. The van der Waals surface area contributed by atoms with Crippen LogP contribution in [0.2, 0.25) is 0 Å². The van der Waals surface area contributed by atoms with Gasteiger partial charge in [0.25, 0.3) is 0 Å². The minimum absolute atomic E-state index is 0.0344. The maximum absolute atomic E-state index is 8.62. The maximum Gasteiger partial charge on any atom is 0.233 e.